The van der Waals surface area contributed by atoms with Crippen LogP contribution in [0.2, 0.25) is 0 Å². The minimum absolute atomic E-state index is 0.00758. The number of aromatic amines is 1. The maximum Gasteiger partial charge on any atom is 0.184 e. The van der Waals surface area contributed by atoms with E-state index in [1.54, 1.807) is 6.07 Å². The van der Waals surface area contributed by atoms with Crippen LogP contribution in [-0.4, -0.2) is 21.8 Å². The number of para-hydroxylation sites is 1. The highest BCUT2D eigenvalue weighted by molar-refractivity contribution is 7.12. The van der Waals surface area contributed by atoms with E-state index in [1.807, 2.05) is 35.7 Å². The summed E-state index contributed by atoms with van der Waals surface area (Å²) in [6.07, 6.45) is 0.409. The van der Waals surface area contributed by atoms with Gasteiger partial charge in [-0.3, -0.25) is 14.7 Å². The zero-order valence-corrected chi connectivity index (χ0v) is 11.4. The third-order valence-corrected chi connectivity index (χ3v) is 4.02. The van der Waals surface area contributed by atoms with Crippen LogP contribution in [0.1, 0.15) is 33.0 Å². The third-order valence-electron chi connectivity index (χ3n) is 3.11. The number of aromatic nitrogens is 2. The van der Waals surface area contributed by atoms with Crippen LogP contribution < -0.4 is 0 Å². The van der Waals surface area contributed by atoms with Crippen LogP contribution in [0, 0.1) is 0 Å². The Hall–Kier alpha value is -2.27. The van der Waals surface area contributed by atoms with Crippen LogP contribution in [0.15, 0.2) is 41.8 Å². The number of Topliss-reactive ketones (excluding diaryl/α,β-unsaturated/α-hetero) is 2. The van der Waals surface area contributed by atoms with Crippen molar-refractivity contribution in [2.75, 3.05) is 0 Å². The van der Waals surface area contributed by atoms with Crippen molar-refractivity contribution >= 4 is 33.8 Å². The molecule has 0 atom stereocenters. The number of H-pyrrole nitrogens is 1. The topological polar surface area (TPSA) is 62.8 Å². The van der Waals surface area contributed by atoms with Crippen LogP contribution >= 0.6 is 11.3 Å². The molecule has 1 aromatic carbocycles. The molecule has 0 radical (unpaired) electrons. The van der Waals surface area contributed by atoms with Crippen LogP contribution in [-0.2, 0) is 0 Å². The summed E-state index contributed by atoms with van der Waals surface area (Å²) in [7, 11) is 0. The Morgan fingerprint density at radius 1 is 1.05 bits per heavy atom. The summed E-state index contributed by atoms with van der Waals surface area (Å²) in [6.45, 7) is 0. The van der Waals surface area contributed by atoms with Crippen molar-refractivity contribution in [3.05, 3.63) is 52.3 Å². The first-order valence-corrected chi connectivity index (χ1v) is 7.16. The molecule has 0 aliphatic carbocycles. The van der Waals surface area contributed by atoms with Crippen molar-refractivity contribution in [3.8, 4) is 0 Å². The molecule has 1 N–H and O–H groups in total. The molecule has 4 nitrogen and oxygen atoms in total. The Labute approximate surface area is 119 Å². The largest absolute Gasteiger partial charge is 0.293 e. The molecule has 20 heavy (non-hydrogen) atoms. The van der Waals surface area contributed by atoms with Gasteiger partial charge in [0, 0.05) is 18.2 Å². The molecule has 2 heterocycles. The maximum atomic E-state index is 12.2. The number of nitrogens with zero attached hydrogens (tertiary/aromatic N) is 1. The summed E-state index contributed by atoms with van der Waals surface area (Å²) in [4.78, 5) is 24.7. The van der Waals surface area contributed by atoms with Gasteiger partial charge in [0.2, 0.25) is 0 Å². The van der Waals surface area contributed by atoms with Gasteiger partial charge < -0.3 is 0 Å². The van der Waals surface area contributed by atoms with Gasteiger partial charge in [0.15, 0.2) is 11.6 Å². The highest BCUT2D eigenvalue weighted by Gasteiger charge is 2.16. The lowest BCUT2D eigenvalue weighted by Gasteiger charge is -1.97. The van der Waals surface area contributed by atoms with Crippen molar-refractivity contribution in [3.63, 3.8) is 0 Å². The Morgan fingerprint density at radius 2 is 1.85 bits per heavy atom. The summed E-state index contributed by atoms with van der Waals surface area (Å²) in [5.41, 5.74) is 1.25. The summed E-state index contributed by atoms with van der Waals surface area (Å²) >= 11 is 1.40. The highest BCUT2D eigenvalue weighted by Crippen LogP contribution is 2.18. The molecule has 0 saturated heterocycles. The lowest BCUT2D eigenvalue weighted by Crippen LogP contribution is -2.05. The van der Waals surface area contributed by atoms with E-state index in [0.717, 1.165) is 10.9 Å². The number of thiophene rings is 1. The first-order chi connectivity index (χ1) is 9.75. The van der Waals surface area contributed by atoms with Crippen LogP contribution in [0.25, 0.3) is 10.9 Å². The zero-order valence-electron chi connectivity index (χ0n) is 10.6. The number of carbonyl (C=O) groups excluding carboxylic acids is 2. The average molecular weight is 284 g/mol. The predicted molar refractivity (Wildman–Crippen MR) is 78.3 cm³/mol. The first-order valence-electron chi connectivity index (χ1n) is 6.29. The average Bonchev–Trinajstić information content (AvgIpc) is 3.13. The molecule has 100 valence electrons. The normalized spacial score (nSPS) is 10.8. The molecule has 5 heteroatoms. The molecular formula is C15H12N2O2S. The van der Waals surface area contributed by atoms with Gasteiger partial charge in [-0.15, -0.1) is 11.3 Å². The van der Waals surface area contributed by atoms with Gasteiger partial charge in [-0.2, -0.15) is 5.10 Å². The van der Waals surface area contributed by atoms with E-state index >= 15 is 0 Å². The minimum Gasteiger partial charge on any atom is -0.293 e. The van der Waals surface area contributed by atoms with Crippen LogP contribution in [0.3, 0.4) is 0 Å². The number of hydrogen-bond donors (Lipinski definition) is 1. The maximum absolute atomic E-state index is 12.2. The minimum atomic E-state index is -0.104. The van der Waals surface area contributed by atoms with Gasteiger partial charge in [0.1, 0.15) is 5.69 Å². The standard InChI is InChI=1S/C15H12N2O2S/c18-12(14-6-3-9-20-14)7-8-13(19)15-10-4-1-2-5-11(10)16-17-15/h1-6,9H,7-8H2,(H,16,17). The third kappa shape index (κ3) is 2.40. The number of hydrogen-bond acceptors (Lipinski definition) is 4. The molecule has 0 fully saturated rings. The van der Waals surface area contributed by atoms with Gasteiger partial charge in [0.05, 0.1) is 10.4 Å². The quantitative estimate of drug-likeness (QED) is 0.730. The monoisotopic (exact) mass is 284 g/mol. The number of carbonyl (C=O) groups is 2. The summed E-state index contributed by atoms with van der Waals surface area (Å²) in [6, 6.07) is 11.1. The molecule has 2 aromatic heterocycles. The summed E-state index contributed by atoms with van der Waals surface area (Å²) in [5.74, 6) is -0.0967. The molecule has 3 rings (SSSR count). The lowest BCUT2D eigenvalue weighted by atomic mass is 10.1. The molecule has 0 aliphatic rings. The molecule has 0 amide bonds. The summed E-state index contributed by atoms with van der Waals surface area (Å²) in [5, 5.41) is 9.55. The lowest BCUT2D eigenvalue weighted by molar-refractivity contribution is 0.0917. The Kier molecular flexibility index (Phi) is 3.43. The summed E-state index contributed by atoms with van der Waals surface area (Å²) < 4.78 is 0. The Bertz CT molecular complexity index is 759. The first kappa shape index (κ1) is 12.7. The van der Waals surface area contributed by atoms with E-state index in [2.05, 4.69) is 10.2 Å². The fraction of sp³-hybridized carbons (Fsp3) is 0.133. The van der Waals surface area contributed by atoms with Crippen molar-refractivity contribution in [1.82, 2.24) is 10.2 Å². The Balaban J connectivity index is 1.72. The van der Waals surface area contributed by atoms with Gasteiger partial charge >= 0.3 is 0 Å². The number of ketones is 2. The molecule has 0 saturated carbocycles. The molecular weight excluding hydrogens is 272 g/mol. The van der Waals surface area contributed by atoms with Gasteiger partial charge in [0.25, 0.3) is 0 Å². The van der Waals surface area contributed by atoms with Crippen LogP contribution in [0.5, 0.6) is 0 Å². The van der Waals surface area contributed by atoms with E-state index in [1.165, 1.54) is 11.3 Å². The second kappa shape index (κ2) is 5.38. The number of nitrogens with one attached hydrogen (secondary N) is 1. The van der Waals surface area contributed by atoms with E-state index in [-0.39, 0.29) is 24.4 Å². The predicted octanol–water partition coefficient (Wildman–Crippen LogP) is 3.47. The van der Waals surface area contributed by atoms with E-state index < -0.39 is 0 Å². The molecule has 0 spiro atoms. The highest BCUT2D eigenvalue weighted by atomic mass is 32.1. The van der Waals surface area contributed by atoms with E-state index in [9.17, 15) is 9.59 Å². The van der Waals surface area contributed by atoms with Crippen molar-refractivity contribution in [1.29, 1.82) is 0 Å². The fourth-order valence-electron chi connectivity index (χ4n) is 2.08. The fourth-order valence-corrected chi connectivity index (χ4v) is 2.78. The van der Waals surface area contributed by atoms with Crippen molar-refractivity contribution in [2.45, 2.75) is 12.8 Å². The number of fused-ring (bicyclic) bond motifs is 1. The number of benzene rings is 1. The van der Waals surface area contributed by atoms with Gasteiger partial charge in [-0.1, -0.05) is 24.3 Å². The van der Waals surface area contributed by atoms with Crippen LogP contribution in [0.4, 0.5) is 0 Å². The Morgan fingerprint density at radius 3 is 2.65 bits per heavy atom. The van der Waals surface area contributed by atoms with Gasteiger partial charge in [-0.25, -0.2) is 0 Å². The molecule has 0 bridgehead atoms. The SMILES string of the molecule is O=C(CCC(=O)c1n[nH]c2ccccc12)c1cccs1. The second-order valence-corrected chi connectivity index (χ2v) is 5.39. The van der Waals surface area contributed by atoms with Crippen molar-refractivity contribution < 1.29 is 9.59 Å². The molecule has 0 unspecified atom stereocenters. The zero-order chi connectivity index (χ0) is 13.9. The van der Waals surface area contributed by atoms with E-state index in [4.69, 9.17) is 0 Å². The smallest absolute Gasteiger partial charge is 0.184 e. The number of rotatable bonds is 5. The molecule has 0 aliphatic heterocycles. The van der Waals surface area contributed by atoms with E-state index in [0.29, 0.717) is 10.6 Å². The van der Waals surface area contributed by atoms with Gasteiger partial charge in [-0.05, 0) is 17.5 Å². The second-order valence-electron chi connectivity index (χ2n) is 4.44. The van der Waals surface area contributed by atoms with Crippen molar-refractivity contribution in [2.24, 2.45) is 0 Å². The molecule has 3 aromatic rings.